The molecule has 4 nitrogen and oxygen atoms in total. The SMILES string of the molecule is O=C(O)c1cccc(-c2cc3c(cc2F)N(c2ccccc2)CC2c4ccccc4CN2S3)c1. The van der Waals surface area contributed by atoms with E-state index in [0.29, 0.717) is 17.7 Å². The number of hydrogen-bond acceptors (Lipinski definition) is 4. The molecule has 0 spiro atoms. The number of carboxylic acids is 1. The minimum atomic E-state index is -1.03. The van der Waals surface area contributed by atoms with E-state index in [9.17, 15) is 9.90 Å². The van der Waals surface area contributed by atoms with Crippen LogP contribution in [0.25, 0.3) is 11.1 Å². The number of halogens is 1. The van der Waals surface area contributed by atoms with Gasteiger partial charge in [0.05, 0.1) is 17.3 Å². The van der Waals surface area contributed by atoms with Gasteiger partial charge in [-0.3, -0.25) is 0 Å². The van der Waals surface area contributed by atoms with Gasteiger partial charge < -0.3 is 10.0 Å². The Labute approximate surface area is 201 Å². The zero-order chi connectivity index (χ0) is 23.2. The van der Waals surface area contributed by atoms with Gasteiger partial charge >= 0.3 is 5.97 Å². The topological polar surface area (TPSA) is 43.8 Å². The second kappa shape index (κ2) is 8.31. The summed E-state index contributed by atoms with van der Waals surface area (Å²) in [5.41, 5.74) is 5.54. The van der Waals surface area contributed by atoms with E-state index in [4.69, 9.17) is 0 Å². The second-order valence-electron chi connectivity index (χ2n) is 8.51. The van der Waals surface area contributed by atoms with E-state index in [1.54, 1.807) is 30.1 Å². The van der Waals surface area contributed by atoms with Crippen molar-refractivity contribution >= 4 is 29.3 Å². The van der Waals surface area contributed by atoms with Gasteiger partial charge in [0, 0.05) is 29.2 Å². The minimum Gasteiger partial charge on any atom is -0.478 e. The Morgan fingerprint density at radius 2 is 1.74 bits per heavy atom. The molecule has 4 aromatic rings. The number of nitrogens with zero attached hydrogens (tertiary/aromatic N) is 2. The van der Waals surface area contributed by atoms with Gasteiger partial charge in [-0.15, -0.1) is 0 Å². The smallest absolute Gasteiger partial charge is 0.335 e. The fourth-order valence-electron chi connectivity index (χ4n) is 4.84. The summed E-state index contributed by atoms with van der Waals surface area (Å²) in [4.78, 5) is 14.6. The summed E-state index contributed by atoms with van der Waals surface area (Å²) >= 11 is 1.64. The predicted molar refractivity (Wildman–Crippen MR) is 133 cm³/mol. The molecule has 34 heavy (non-hydrogen) atoms. The number of carbonyl (C=O) groups is 1. The van der Waals surface area contributed by atoms with Crippen molar-refractivity contribution in [2.24, 2.45) is 0 Å². The summed E-state index contributed by atoms with van der Waals surface area (Å²) in [5, 5.41) is 9.39. The van der Waals surface area contributed by atoms with Crippen molar-refractivity contribution in [1.29, 1.82) is 0 Å². The maximum atomic E-state index is 15.5. The molecule has 168 valence electrons. The molecule has 0 saturated heterocycles. The average molecular weight is 469 g/mol. The Bertz CT molecular complexity index is 1410. The van der Waals surface area contributed by atoms with Crippen LogP contribution in [-0.4, -0.2) is 21.9 Å². The number of fused-ring (bicyclic) bond motifs is 4. The largest absolute Gasteiger partial charge is 0.478 e. The van der Waals surface area contributed by atoms with E-state index in [2.05, 4.69) is 33.5 Å². The molecule has 1 atom stereocenters. The first-order chi connectivity index (χ1) is 16.6. The summed E-state index contributed by atoms with van der Waals surface area (Å²) in [7, 11) is 0. The first-order valence-corrected chi connectivity index (χ1v) is 11.9. The third-order valence-corrected chi connectivity index (χ3v) is 7.63. The van der Waals surface area contributed by atoms with Crippen LogP contribution in [0.15, 0.2) is 95.9 Å². The summed E-state index contributed by atoms with van der Waals surface area (Å²) in [6.45, 7) is 1.52. The zero-order valence-corrected chi connectivity index (χ0v) is 19.0. The van der Waals surface area contributed by atoms with E-state index in [1.165, 1.54) is 23.3 Å². The molecule has 1 unspecified atom stereocenters. The van der Waals surface area contributed by atoms with Crippen LogP contribution in [0.2, 0.25) is 0 Å². The minimum absolute atomic E-state index is 0.139. The van der Waals surface area contributed by atoms with Crippen LogP contribution < -0.4 is 4.90 Å². The molecule has 0 radical (unpaired) electrons. The van der Waals surface area contributed by atoms with Gasteiger partial charge in [0.25, 0.3) is 0 Å². The van der Waals surface area contributed by atoms with E-state index in [0.717, 1.165) is 22.8 Å². The van der Waals surface area contributed by atoms with E-state index >= 15 is 4.39 Å². The Balaban J connectivity index is 1.50. The third kappa shape index (κ3) is 3.56. The highest BCUT2D eigenvalue weighted by atomic mass is 32.2. The maximum absolute atomic E-state index is 15.5. The number of para-hydroxylation sites is 1. The molecule has 0 amide bonds. The summed E-state index contributed by atoms with van der Waals surface area (Å²) < 4.78 is 17.9. The van der Waals surface area contributed by atoms with Crippen LogP contribution in [0.3, 0.4) is 0 Å². The van der Waals surface area contributed by atoms with Crippen LogP contribution in [0.5, 0.6) is 0 Å². The first-order valence-electron chi connectivity index (χ1n) is 11.1. The van der Waals surface area contributed by atoms with Crippen LogP contribution in [-0.2, 0) is 6.54 Å². The van der Waals surface area contributed by atoms with Gasteiger partial charge in [0.1, 0.15) is 5.82 Å². The monoisotopic (exact) mass is 468 g/mol. The highest BCUT2D eigenvalue weighted by Crippen LogP contribution is 2.50. The number of aromatic carboxylic acids is 1. The lowest BCUT2D eigenvalue weighted by Crippen LogP contribution is -2.26. The Morgan fingerprint density at radius 1 is 0.941 bits per heavy atom. The summed E-state index contributed by atoms with van der Waals surface area (Å²) in [5.74, 6) is -1.40. The van der Waals surface area contributed by atoms with Crippen molar-refractivity contribution in [3.05, 3.63) is 114 Å². The van der Waals surface area contributed by atoms with Crippen molar-refractivity contribution in [1.82, 2.24) is 4.31 Å². The van der Waals surface area contributed by atoms with Crippen LogP contribution >= 0.6 is 11.9 Å². The van der Waals surface area contributed by atoms with Crippen molar-refractivity contribution in [3.8, 4) is 11.1 Å². The van der Waals surface area contributed by atoms with E-state index in [1.807, 2.05) is 36.4 Å². The van der Waals surface area contributed by atoms with E-state index < -0.39 is 5.97 Å². The Kier molecular flexibility index (Phi) is 5.12. The molecule has 2 heterocycles. The van der Waals surface area contributed by atoms with Crippen molar-refractivity contribution in [2.45, 2.75) is 17.5 Å². The van der Waals surface area contributed by atoms with Gasteiger partial charge in [-0.2, -0.15) is 0 Å². The standard InChI is InChI=1S/C28H21FN2O2S/c29-24-15-25-27(14-23(24)18-8-6-9-19(13-18)28(32)33)34-31-16-20-7-4-5-12-22(20)26(31)17-30(25)21-10-2-1-3-11-21/h1-15,26H,16-17H2,(H,32,33). The molecule has 0 fully saturated rings. The lowest BCUT2D eigenvalue weighted by molar-refractivity contribution is 0.0697. The van der Waals surface area contributed by atoms with Gasteiger partial charge in [-0.05, 0) is 65.0 Å². The molecule has 6 rings (SSSR count). The Morgan fingerprint density at radius 3 is 2.56 bits per heavy atom. The number of hydrogen-bond donors (Lipinski definition) is 1. The normalized spacial score (nSPS) is 17.0. The summed E-state index contributed by atoms with van der Waals surface area (Å²) in [6, 6.07) is 28.6. The van der Waals surface area contributed by atoms with Gasteiger partial charge in [0.15, 0.2) is 0 Å². The van der Waals surface area contributed by atoms with Gasteiger partial charge in [-0.1, -0.05) is 54.6 Å². The fourth-order valence-corrected chi connectivity index (χ4v) is 6.04. The molecule has 2 aliphatic heterocycles. The molecule has 6 heteroatoms. The number of carboxylic acid groups (broad SMARTS) is 1. The molecule has 2 aliphatic rings. The molecular formula is C28H21FN2O2S. The quantitative estimate of drug-likeness (QED) is 0.331. The number of rotatable bonds is 3. The maximum Gasteiger partial charge on any atom is 0.335 e. The fraction of sp³-hybridized carbons (Fsp3) is 0.107. The van der Waals surface area contributed by atoms with Crippen molar-refractivity contribution < 1.29 is 14.3 Å². The van der Waals surface area contributed by atoms with Crippen LogP contribution in [0, 0.1) is 5.82 Å². The lowest BCUT2D eigenvalue weighted by Gasteiger charge is -2.28. The first kappa shape index (κ1) is 21.0. The third-order valence-electron chi connectivity index (χ3n) is 6.49. The molecule has 0 saturated carbocycles. The molecule has 4 aromatic carbocycles. The highest BCUT2D eigenvalue weighted by Gasteiger charge is 2.36. The van der Waals surface area contributed by atoms with E-state index in [-0.39, 0.29) is 17.4 Å². The second-order valence-corrected chi connectivity index (χ2v) is 9.60. The van der Waals surface area contributed by atoms with Crippen molar-refractivity contribution in [2.75, 3.05) is 11.4 Å². The number of anilines is 2. The van der Waals surface area contributed by atoms with Gasteiger partial charge in [0.2, 0.25) is 0 Å². The van der Waals surface area contributed by atoms with Crippen molar-refractivity contribution in [3.63, 3.8) is 0 Å². The molecule has 0 aliphatic carbocycles. The molecule has 0 bridgehead atoms. The highest BCUT2D eigenvalue weighted by molar-refractivity contribution is 7.97. The predicted octanol–water partition coefficient (Wildman–Crippen LogP) is 6.91. The van der Waals surface area contributed by atoms with Gasteiger partial charge in [-0.25, -0.2) is 13.5 Å². The van der Waals surface area contributed by atoms with Crippen LogP contribution in [0.1, 0.15) is 27.5 Å². The average Bonchev–Trinajstić information content (AvgIpc) is 3.12. The molecule has 1 N–H and O–H groups in total. The zero-order valence-electron chi connectivity index (χ0n) is 18.2. The number of benzene rings is 4. The summed E-state index contributed by atoms with van der Waals surface area (Å²) in [6.07, 6.45) is 0. The molecule has 0 aromatic heterocycles. The molecular weight excluding hydrogens is 447 g/mol. The lowest BCUT2D eigenvalue weighted by atomic mass is 10.0. The van der Waals surface area contributed by atoms with Crippen LogP contribution in [0.4, 0.5) is 15.8 Å². The Hall–Kier alpha value is -3.61.